The highest BCUT2D eigenvalue weighted by Gasteiger charge is 2.35. The molecule has 0 aromatic rings. The first-order valence-corrected chi connectivity index (χ1v) is 10.3. The van der Waals surface area contributed by atoms with Crippen molar-refractivity contribution in [2.24, 2.45) is 5.92 Å². The number of rotatable bonds is 13. The predicted octanol–water partition coefficient (Wildman–Crippen LogP) is 5.03. The monoisotopic (exact) mass is 336 g/mol. The Kier molecular flexibility index (Phi) is 10.6. The second kappa shape index (κ2) is 11.6. The average Bonchev–Trinajstić information content (AvgIpc) is 2.79. The van der Waals surface area contributed by atoms with E-state index in [1.54, 1.807) is 0 Å². The summed E-state index contributed by atoms with van der Waals surface area (Å²) in [5.41, 5.74) is 0. The maximum absolute atomic E-state index is 11.0. The molecule has 132 valence electrons. The van der Waals surface area contributed by atoms with Gasteiger partial charge in [0.05, 0.1) is 0 Å². The van der Waals surface area contributed by atoms with E-state index in [4.69, 9.17) is 14.2 Å². The molecule has 0 radical (unpaired) electrons. The molecule has 0 aromatic carbocycles. The summed E-state index contributed by atoms with van der Waals surface area (Å²) in [4.78, 5) is 9.00. The van der Waals surface area contributed by atoms with Gasteiger partial charge in [-0.1, -0.05) is 71.6 Å². The van der Waals surface area contributed by atoms with Gasteiger partial charge in [0.15, 0.2) is 6.29 Å². The topological polar surface area (TPSA) is 65.0 Å². The molecule has 0 amide bonds. The molecule has 0 bridgehead atoms. The fourth-order valence-electron chi connectivity index (χ4n) is 2.55. The second-order valence-corrected chi connectivity index (χ2v) is 7.94. The van der Waals surface area contributed by atoms with Gasteiger partial charge in [-0.2, -0.15) is 0 Å². The van der Waals surface area contributed by atoms with E-state index in [-0.39, 0.29) is 6.61 Å². The number of ether oxygens (including phenoxy) is 1. The highest BCUT2D eigenvalue weighted by Crippen LogP contribution is 2.49. The molecule has 5 nitrogen and oxygen atoms in total. The summed E-state index contributed by atoms with van der Waals surface area (Å²) >= 11 is 0. The zero-order chi connectivity index (χ0) is 16.3. The van der Waals surface area contributed by atoms with Crippen LogP contribution < -0.4 is 0 Å². The van der Waals surface area contributed by atoms with E-state index >= 15 is 0 Å². The van der Waals surface area contributed by atoms with E-state index in [2.05, 4.69) is 18.4 Å². The fraction of sp³-hybridized carbons (Fsp3) is 1.00. The average molecular weight is 336 g/mol. The van der Waals surface area contributed by atoms with Crippen LogP contribution in [0.1, 0.15) is 78.1 Å². The Balaban J connectivity index is 1.76. The standard InChI is InChI=1S/C16H33O5P/c1-15(2)12-10-8-6-4-3-5-7-9-11-13-19-16-14-20-22(17,18)21-16/h15-16H,3-14H2,1-2H3,(H,17,18). The maximum atomic E-state index is 11.0. The Morgan fingerprint density at radius 2 is 1.59 bits per heavy atom. The lowest BCUT2D eigenvalue weighted by Gasteiger charge is -2.08. The summed E-state index contributed by atoms with van der Waals surface area (Å²) in [6, 6.07) is 0. The highest BCUT2D eigenvalue weighted by atomic mass is 31.2. The molecule has 22 heavy (non-hydrogen) atoms. The molecular weight excluding hydrogens is 303 g/mol. The van der Waals surface area contributed by atoms with Crippen LogP contribution in [0.4, 0.5) is 0 Å². The lowest BCUT2D eigenvalue weighted by molar-refractivity contribution is -0.0702. The summed E-state index contributed by atoms with van der Waals surface area (Å²) in [5, 5.41) is 0. The molecule has 0 aliphatic carbocycles. The Hall–Kier alpha value is 0.0700. The maximum Gasteiger partial charge on any atom is 0.474 e. The normalized spacial score (nSPS) is 25.2. The molecule has 1 heterocycles. The summed E-state index contributed by atoms with van der Waals surface area (Å²) < 4.78 is 25.6. The van der Waals surface area contributed by atoms with Crippen LogP contribution in [0.15, 0.2) is 0 Å². The first kappa shape index (κ1) is 20.1. The van der Waals surface area contributed by atoms with Gasteiger partial charge in [-0.25, -0.2) is 4.57 Å². The highest BCUT2D eigenvalue weighted by molar-refractivity contribution is 7.47. The van der Waals surface area contributed by atoms with Crippen molar-refractivity contribution in [2.75, 3.05) is 13.2 Å². The van der Waals surface area contributed by atoms with Gasteiger partial charge in [-0.15, -0.1) is 0 Å². The number of hydrogen-bond acceptors (Lipinski definition) is 4. The number of phosphoric acid groups is 1. The molecule has 2 atom stereocenters. The summed E-state index contributed by atoms with van der Waals surface area (Å²) in [6.07, 6.45) is 12.1. The third kappa shape index (κ3) is 10.7. The molecule has 1 aliphatic heterocycles. The van der Waals surface area contributed by atoms with Crippen LogP contribution in [0, 0.1) is 5.92 Å². The van der Waals surface area contributed by atoms with Gasteiger partial charge in [-0.3, -0.25) is 9.05 Å². The lowest BCUT2D eigenvalue weighted by Crippen LogP contribution is -2.14. The van der Waals surface area contributed by atoms with E-state index in [0.29, 0.717) is 6.61 Å². The van der Waals surface area contributed by atoms with Crippen LogP contribution in [0.5, 0.6) is 0 Å². The fourth-order valence-corrected chi connectivity index (χ4v) is 3.34. The Labute approximate surface area is 135 Å². The van der Waals surface area contributed by atoms with E-state index in [1.165, 1.54) is 51.4 Å². The Morgan fingerprint density at radius 3 is 2.09 bits per heavy atom. The molecule has 2 unspecified atom stereocenters. The van der Waals surface area contributed by atoms with E-state index in [1.807, 2.05) is 0 Å². The Bertz CT molecular complexity index is 322. The zero-order valence-electron chi connectivity index (χ0n) is 14.2. The van der Waals surface area contributed by atoms with Crippen molar-refractivity contribution in [3.63, 3.8) is 0 Å². The molecule has 1 aliphatic rings. The third-order valence-electron chi connectivity index (χ3n) is 3.85. The largest absolute Gasteiger partial charge is 0.474 e. The van der Waals surface area contributed by atoms with Gasteiger partial charge in [0, 0.05) is 6.61 Å². The lowest BCUT2D eigenvalue weighted by atomic mass is 10.0. The van der Waals surface area contributed by atoms with Crippen LogP contribution in [0.3, 0.4) is 0 Å². The minimum Gasteiger partial charge on any atom is -0.350 e. The van der Waals surface area contributed by atoms with E-state index in [9.17, 15) is 4.57 Å². The number of hydrogen-bond donors (Lipinski definition) is 1. The van der Waals surface area contributed by atoms with E-state index < -0.39 is 14.1 Å². The summed E-state index contributed by atoms with van der Waals surface area (Å²) in [6.45, 7) is 5.18. The molecule has 1 N–H and O–H groups in total. The first-order valence-electron chi connectivity index (χ1n) is 8.77. The molecule has 1 rings (SSSR count). The minimum atomic E-state index is -3.81. The smallest absolute Gasteiger partial charge is 0.350 e. The quantitative estimate of drug-likeness (QED) is 0.377. The summed E-state index contributed by atoms with van der Waals surface area (Å²) in [5.74, 6) is 0.840. The Morgan fingerprint density at radius 1 is 1.05 bits per heavy atom. The number of phosphoric ester groups is 1. The van der Waals surface area contributed by atoms with Gasteiger partial charge >= 0.3 is 7.82 Å². The molecule has 6 heteroatoms. The molecule has 1 saturated heterocycles. The van der Waals surface area contributed by atoms with Crippen molar-refractivity contribution in [1.82, 2.24) is 0 Å². The molecule has 0 saturated carbocycles. The van der Waals surface area contributed by atoms with Crippen molar-refractivity contribution in [3.8, 4) is 0 Å². The molecule has 0 spiro atoms. The third-order valence-corrected chi connectivity index (χ3v) is 4.83. The van der Waals surface area contributed by atoms with Crippen LogP contribution in [0.25, 0.3) is 0 Å². The van der Waals surface area contributed by atoms with Crippen molar-refractivity contribution in [3.05, 3.63) is 0 Å². The molecule has 1 fully saturated rings. The molecular formula is C16H33O5P. The summed E-state index contributed by atoms with van der Waals surface area (Å²) in [7, 11) is -3.81. The van der Waals surface area contributed by atoms with Crippen LogP contribution in [-0.2, 0) is 18.3 Å². The van der Waals surface area contributed by atoms with Crippen molar-refractivity contribution in [2.45, 2.75) is 84.3 Å². The van der Waals surface area contributed by atoms with Gasteiger partial charge in [0.2, 0.25) is 0 Å². The van der Waals surface area contributed by atoms with Crippen molar-refractivity contribution >= 4 is 7.82 Å². The van der Waals surface area contributed by atoms with Gasteiger partial charge < -0.3 is 9.63 Å². The van der Waals surface area contributed by atoms with Gasteiger partial charge in [0.25, 0.3) is 0 Å². The zero-order valence-corrected chi connectivity index (χ0v) is 15.1. The van der Waals surface area contributed by atoms with Crippen molar-refractivity contribution < 1.29 is 23.2 Å². The SMILES string of the molecule is CC(C)CCCCCCCCCCCOC1COP(=O)(O)O1. The molecule has 0 aromatic heterocycles. The van der Waals surface area contributed by atoms with Crippen LogP contribution in [0.2, 0.25) is 0 Å². The first-order chi connectivity index (χ1) is 10.5. The van der Waals surface area contributed by atoms with Gasteiger partial charge in [0.1, 0.15) is 6.61 Å². The second-order valence-electron chi connectivity index (χ2n) is 6.53. The predicted molar refractivity (Wildman–Crippen MR) is 87.6 cm³/mol. The minimum absolute atomic E-state index is 0.0462. The van der Waals surface area contributed by atoms with Crippen molar-refractivity contribution in [1.29, 1.82) is 0 Å². The van der Waals surface area contributed by atoms with E-state index in [0.717, 1.165) is 18.8 Å². The van der Waals surface area contributed by atoms with Crippen LogP contribution in [-0.4, -0.2) is 24.4 Å². The number of unbranched alkanes of at least 4 members (excludes halogenated alkanes) is 8. The van der Waals surface area contributed by atoms with Crippen LogP contribution >= 0.6 is 7.82 Å². The van der Waals surface area contributed by atoms with Gasteiger partial charge in [-0.05, 0) is 12.3 Å².